The molecule has 2 aromatic heterocycles. The molecule has 31 heavy (non-hydrogen) atoms. The van der Waals surface area contributed by atoms with Gasteiger partial charge in [-0.3, -0.25) is 4.79 Å². The van der Waals surface area contributed by atoms with E-state index < -0.39 is 0 Å². The number of aromatic nitrogens is 1. The van der Waals surface area contributed by atoms with Crippen LogP contribution in [0.2, 0.25) is 5.02 Å². The van der Waals surface area contributed by atoms with Gasteiger partial charge in [0, 0.05) is 47.8 Å². The number of carbonyl (C=O) groups excluding carboxylic acids is 1. The summed E-state index contributed by atoms with van der Waals surface area (Å²) in [5.74, 6) is 0.778. The number of nitrogen functional groups attached to an aromatic ring is 1. The highest BCUT2D eigenvalue weighted by Crippen LogP contribution is 2.41. The molecular weight excluding hydrogens is 434 g/mol. The van der Waals surface area contributed by atoms with E-state index in [0.717, 1.165) is 48.6 Å². The van der Waals surface area contributed by atoms with Gasteiger partial charge in [-0.25, -0.2) is 4.98 Å². The Bertz CT molecular complexity index is 1140. The lowest BCUT2D eigenvalue weighted by Gasteiger charge is -2.33. The van der Waals surface area contributed by atoms with Crippen molar-refractivity contribution in [3.8, 4) is 0 Å². The third-order valence-corrected chi connectivity index (χ3v) is 7.21. The summed E-state index contributed by atoms with van der Waals surface area (Å²) in [6, 6.07) is 7.04. The van der Waals surface area contributed by atoms with Crippen LogP contribution in [-0.2, 0) is 17.7 Å². The third-order valence-electron chi connectivity index (χ3n) is 5.86. The van der Waals surface area contributed by atoms with Crippen molar-refractivity contribution in [3.05, 3.63) is 45.3 Å². The number of nitrogens with one attached hydrogen (secondary N) is 1. The molecule has 0 atom stereocenters. The van der Waals surface area contributed by atoms with Crippen LogP contribution in [0.1, 0.15) is 20.8 Å². The first-order valence-corrected chi connectivity index (χ1v) is 11.5. The summed E-state index contributed by atoms with van der Waals surface area (Å²) in [6.07, 6.45) is 0.890. The number of likely N-dealkylation sites (N-methyl/N-ethyl adjacent to an activating group) is 1. The molecule has 0 bridgehead atoms. The van der Waals surface area contributed by atoms with E-state index in [1.54, 1.807) is 24.3 Å². The minimum Gasteiger partial charge on any atom is -0.397 e. The number of nitrogens with two attached hydrogens (primary N) is 1. The summed E-state index contributed by atoms with van der Waals surface area (Å²) in [5, 5.41) is 4.48. The molecular formula is C22H24ClN5O2S. The van der Waals surface area contributed by atoms with Crippen molar-refractivity contribution in [2.45, 2.75) is 13.0 Å². The molecule has 3 aromatic rings. The number of fused-ring (bicyclic) bond motifs is 3. The molecule has 1 amide bonds. The number of amides is 1. The van der Waals surface area contributed by atoms with Gasteiger partial charge < -0.3 is 25.6 Å². The van der Waals surface area contributed by atoms with Gasteiger partial charge in [0.05, 0.1) is 18.9 Å². The number of carbonyl (C=O) groups is 1. The number of pyridine rings is 1. The van der Waals surface area contributed by atoms with E-state index in [2.05, 4.69) is 22.2 Å². The van der Waals surface area contributed by atoms with Gasteiger partial charge >= 0.3 is 0 Å². The maximum absolute atomic E-state index is 13.0. The average molecular weight is 458 g/mol. The number of rotatable bonds is 3. The molecule has 4 heterocycles. The first kappa shape index (κ1) is 20.5. The Labute approximate surface area is 189 Å². The molecule has 1 fully saturated rings. The van der Waals surface area contributed by atoms with E-state index in [1.807, 2.05) is 0 Å². The Balaban J connectivity index is 1.58. The largest absolute Gasteiger partial charge is 0.397 e. The van der Waals surface area contributed by atoms with Crippen LogP contribution in [0, 0.1) is 0 Å². The lowest BCUT2D eigenvalue weighted by Crippen LogP contribution is -2.39. The standard InChI is InChI=1S/C22H24ClN5O2S/c1-27-7-6-15-16(12-27)20(28-8-10-30-11-9-28)26-22-17(15)18(24)19(31-22)21(29)25-14-4-2-13(23)3-5-14/h2-5H,6-12,24H2,1H3,(H,25,29). The highest BCUT2D eigenvalue weighted by Gasteiger charge is 2.29. The monoisotopic (exact) mass is 457 g/mol. The van der Waals surface area contributed by atoms with Crippen LogP contribution in [0.5, 0.6) is 0 Å². The van der Waals surface area contributed by atoms with Crippen molar-refractivity contribution in [1.82, 2.24) is 9.88 Å². The lowest BCUT2D eigenvalue weighted by molar-refractivity contribution is 0.103. The van der Waals surface area contributed by atoms with Crippen molar-refractivity contribution in [2.24, 2.45) is 0 Å². The fraction of sp³-hybridized carbons (Fsp3) is 0.364. The van der Waals surface area contributed by atoms with Crippen molar-refractivity contribution in [3.63, 3.8) is 0 Å². The zero-order valence-corrected chi connectivity index (χ0v) is 18.9. The van der Waals surface area contributed by atoms with Gasteiger partial charge in [0.15, 0.2) is 0 Å². The Hall–Kier alpha value is -2.39. The van der Waals surface area contributed by atoms with Crippen molar-refractivity contribution in [2.75, 3.05) is 55.8 Å². The van der Waals surface area contributed by atoms with Gasteiger partial charge in [-0.05, 0) is 43.3 Å². The molecule has 0 aliphatic carbocycles. The summed E-state index contributed by atoms with van der Waals surface area (Å²) in [5.41, 5.74) is 10.2. The molecule has 2 aliphatic heterocycles. The minimum atomic E-state index is -0.225. The molecule has 0 spiro atoms. The van der Waals surface area contributed by atoms with Crippen LogP contribution in [0.25, 0.3) is 10.2 Å². The van der Waals surface area contributed by atoms with Gasteiger partial charge in [-0.15, -0.1) is 11.3 Å². The first-order chi connectivity index (χ1) is 15.0. The highest BCUT2D eigenvalue weighted by molar-refractivity contribution is 7.21. The summed E-state index contributed by atoms with van der Waals surface area (Å²) in [7, 11) is 2.12. The number of halogens is 1. The van der Waals surface area contributed by atoms with Gasteiger partial charge in [0.25, 0.3) is 5.91 Å². The van der Waals surface area contributed by atoms with Crippen LogP contribution in [0.4, 0.5) is 17.2 Å². The number of hydrogen-bond acceptors (Lipinski definition) is 7. The van der Waals surface area contributed by atoms with Gasteiger partial charge in [-0.2, -0.15) is 0 Å². The van der Waals surface area contributed by atoms with E-state index in [-0.39, 0.29) is 5.91 Å². The smallest absolute Gasteiger partial charge is 0.267 e. The number of anilines is 3. The topological polar surface area (TPSA) is 83.7 Å². The maximum atomic E-state index is 13.0. The molecule has 0 unspecified atom stereocenters. The number of thiophene rings is 1. The Morgan fingerprint density at radius 2 is 1.94 bits per heavy atom. The second-order valence-corrected chi connectivity index (χ2v) is 9.40. The second-order valence-electron chi connectivity index (χ2n) is 7.97. The van der Waals surface area contributed by atoms with Gasteiger partial charge in [0.2, 0.25) is 0 Å². The SMILES string of the molecule is CN1CCc2c(c(N3CCOCC3)nc3sc(C(=O)Nc4ccc(Cl)cc4)c(N)c23)C1. The first-order valence-electron chi connectivity index (χ1n) is 10.3. The molecule has 7 nitrogen and oxygen atoms in total. The summed E-state index contributed by atoms with van der Waals surface area (Å²) in [6.45, 7) is 4.82. The predicted octanol–water partition coefficient (Wildman–Crippen LogP) is 3.61. The van der Waals surface area contributed by atoms with Gasteiger partial charge in [-0.1, -0.05) is 11.6 Å². The number of nitrogens with zero attached hydrogens (tertiary/aromatic N) is 3. The highest BCUT2D eigenvalue weighted by atomic mass is 35.5. The molecule has 0 saturated carbocycles. The van der Waals surface area contributed by atoms with Crippen molar-refractivity contribution < 1.29 is 9.53 Å². The van der Waals surface area contributed by atoms with Crippen LogP contribution in [0.15, 0.2) is 24.3 Å². The van der Waals surface area contributed by atoms with Gasteiger partial charge in [0.1, 0.15) is 15.5 Å². The van der Waals surface area contributed by atoms with E-state index in [4.69, 9.17) is 27.1 Å². The maximum Gasteiger partial charge on any atom is 0.267 e. The predicted molar refractivity (Wildman–Crippen MR) is 127 cm³/mol. The van der Waals surface area contributed by atoms with E-state index in [1.165, 1.54) is 22.5 Å². The minimum absolute atomic E-state index is 0.225. The van der Waals surface area contributed by atoms with Crippen LogP contribution in [-0.4, -0.2) is 55.7 Å². The van der Waals surface area contributed by atoms with Crippen LogP contribution < -0.4 is 16.0 Å². The number of morpholine rings is 1. The molecule has 5 rings (SSSR count). The Morgan fingerprint density at radius 1 is 1.19 bits per heavy atom. The van der Waals surface area contributed by atoms with Crippen LogP contribution in [0.3, 0.4) is 0 Å². The Morgan fingerprint density at radius 3 is 2.68 bits per heavy atom. The van der Waals surface area contributed by atoms with E-state index in [9.17, 15) is 4.79 Å². The number of benzene rings is 1. The molecule has 1 saturated heterocycles. The summed E-state index contributed by atoms with van der Waals surface area (Å²) in [4.78, 5) is 24.0. The van der Waals surface area contributed by atoms with E-state index in [0.29, 0.717) is 34.5 Å². The second kappa shape index (κ2) is 8.27. The fourth-order valence-electron chi connectivity index (χ4n) is 4.27. The normalized spacial score (nSPS) is 17.0. The molecule has 0 radical (unpaired) electrons. The summed E-state index contributed by atoms with van der Waals surface area (Å²) >= 11 is 7.31. The molecule has 9 heteroatoms. The lowest BCUT2D eigenvalue weighted by atomic mass is 9.96. The molecule has 3 N–H and O–H groups in total. The third kappa shape index (κ3) is 3.85. The van der Waals surface area contributed by atoms with Crippen molar-refractivity contribution >= 4 is 56.3 Å². The zero-order valence-electron chi connectivity index (χ0n) is 17.3. The molecule has 162 valence electrons. The number of ether oxygens (including phenoxy) is 1. The molecule has 1 aromatic carbocycles. The Kier molecular flexibility index (Phi) is 5.47. The van der Waals surface area contributed by atoms with Crippen molar-refractivity contribution in [1.29, 1.82) is 0 Å². The number of hydrogen-bond donors (Lipinski definition) is 2. The average Bonchev–Trinajstić information content (AvgIpc) is 3.12. The fourth-order valence-corrected chi connectivity index (χ4v) is 5.41. The van der Waals surface area contributed by atoms with E-state index >= 15 is 0 Å². The molecule has 2 aliphatic rings. The summed E-state index contributed by atoms with van der Waals surface area (Å²) < 4.78 is 5.53. The van der Waals surface area contributed by atoms with Crippen LogP contribution >= 0.6 is 22.9 Å². The zero-order chi connectivity index (χ0) is 21.5. The quantitative estimate of drug-likeness (QED) is 0.625.